The van der Waals surface area contributed by atoms with E-state index in [0.717, 1.165) is 64.4 Å². The molecular formula is C54H34N2S. The first-order chi connectivity index (χ1) is 30.4. The van der Waals surface area contributed by atoms with E-state index in [1.54, 1.807) is 11.3 Å². The molecule has 0 radical (unpaired) electrons. The van der Waals surface area contributed by atoms with Crippen molar-refractivity contribution in [2.45, 2.75) is 0 Å². The number of rotatable bonds is 5. The van der Waals surface area contributed by atoms with Gasteiger partial charge in [0.1, 0.15) is 0 Å². The van der Waals surface area contributed by atoms with Gasteiger partial charge in [-0.25, -0.2) is 0 Å². The average molecular weight is 748 g/mol. The molecule has 0 saturated heterocycles. The van der Waals surface area contributed by atoms with Crippen molar-refractivity contribution in [2.24, 2.45) is 0 Å². The minimum absolute atomic E-state index is 0.204. The van der Waals surface area contributed by atoms with E-state index in [1.165, 1.54) is 33.0 Å². The molecule has 12 rings (SSSR count). The molecule has 57 heavy (non-hydrogen) atoms. The maximum absolute atomic E-state index is 8.71. The average Bonchev–Trinajstić information content (AvgIpc) is 3.98. The van der Waals surface area contributed by atoms with Gasteiger partial charge in [-0.1, -0.05) is 139 Å². The highest BCUT2D eigenvalue weighted by Crippen LogP contribution is 2.44. The molecule has 0 saturated carbocycles. The van der Waals surface area contributed by atoms with Crippen LogP contribution in [-0.2, 0) is 0 Å². The van der Waals surface area contributed by atoms with Crippen LogP contribution < -0.4 is 0 Å². The van der Waals surface area contributed by atoms with Gasteiger partial charge in [-0.15, -0.1) is 11.3 Å². The second kappa shape index (κ2) is 12.7. The highest BCUT2D eigenvalue weighted by molar-refractivity contribution is 7.25. The highest BCUT2D eigenvalue weighted by atomic mass is 32.1. The van der Waals surface area contributed by atoms with Gasteiger partial charge >= 0.3 is 0 Å². The predicted octanol–water partition coefficient (Wildman–Crippen LogP) is 15.2. The number of benzene rings is 9. The lowest BCUT2D eigenvalue weighted by atomic mass is 9.96. The third-order valence-electron chi connectivity index (χ3n) is 11.4. The van der Waals surface area contributed by atoms with E-state index in [9.17, 15) is 0 Å². The van der Waals surface area contributed by atoms with Crippen LogP contribution >= 0.6 is 11.3 Å². The lowest BCUT2D eigenvalue weighted by Gasteiger charge is -2.12. The van der Waals surface area contributed by atoms with E-state index in [2.05, 4.69) is 167 Å². The molecule has 3 heteroatoms. The maximum Gasteiger partial charge on any atom is 0.0629 e. The van der Waals surface area contributed by atoms with Crippen molar-refractivity contribution < 1.29 is 6.85 Å². The Labute approximate surface area is 340 Å². The van der Waals surface area contributed by atoms with Crippen LogP contribution in [-0.4, -0.2) is 9.13 Å². The van der Waals surface area contributed by atoms with Crippen LogP contribution in [0.1, 0.15) is 6.85 Å². The van der Waals surface area contributed by atoms with Gasteiger partial charge < -0.3 is 9.13 Å². The number of thiophene rings is 1. The Morgan fingerprint density at radius 1 is 0.368 bits per heavy atom. The van der Waals surface area contributed by atoms with E-state index in [4.69, 9.17) is 6.85 Å². The molecular weight excluding hydrogens is 709 g/mol. The molecule has 0 aliphatic heterocycles. The van der Waals surface area contributed by atoms with E-state index >= 15 is 0 Å². The van der Waals surface area contributed by atoms with E-state index in [1.807, 2.05) is 18.2 Å². The van der Waals surface area contributed by atoms with Crippen LogP contribution in [0, 0.1) is 0 Å². The van der Waals surface area contributed by atoms with Crippen LogP contribution in [0.3, 0.4) is 0 Å². The molecule has 3 aromatic heterocycles. The predicted molar refractivity (Wildman–Crippen MR) is 244 cm³/mol. The molecule has 12 aromatic rings. The van der Waals surface area contributed by atoms with E-state index < -0.39 is 6.04 Å². The molecule has 0 N–H and O–H groups in total. The quantitative estimate of drug-likeness (QED) is 0.166. The molecule has 0 aliphatic carbocycles. The molecule has 0 spiro atoms. The standard InChI is InChI=1S/C54H34N2S/c1-3-14-35(15-4-1)37-18-11-19-39(32-37)41-22-12-25-49-53(41)43-21-8-10-24-47(43)55(49)40-29-30-48-44(34-40)42-20-7-9-23-46(42)56(48)50-26-13-27-52-54(50)45-33-38(28-31-51(45)57-52)36-16-5-2-6-17-36/h1-34H/i2D,5D,6D,16D,17D. The zero-order valence-corrected chi connectivity index (χ0v) is 31.4. The Morgan fingerprint density at radius 3 is 1.93 bits per heavy atom. The fraction of sp³-hybridized carbons (Fsp3) is 0. The molecule has 0 fully saturated rings. The van der Waals surface area contributed by atoms with Crippen LogP contribution in [0.4, 0.5) is 0 Å². The number of aromatic nitrogens is 2. The summed E-state index contributed by atoms with van der Waals surface area (Å²) in [6.07, 6.45) is 0. The maximum atomic E-state index is 8.71. The number of hydrogen-bond acceptors (Lipinski definition) is 1. The first-order valence-corrected chi connectivity index (χ1v) is 19.9. The van der Waals surface area contributed by atoms with Gasteiger partial charge in [0.25, 0.3) is 0 Å². The molecule has 0 amide bonds. The summed E-state index contributed by atoms with van der Waals surface area (Å²) in [4.78, 5) is 0. The Balaban J connectivity index is 1.07. The first kappa shape index (κ1) is 27.4. The highest BCUT2D eigenvalue weighted by Gasteiger charge is 2.20. The van der Waals surface area contributed by atoms with Crippen LogP contribution in [0.25, 0.3) is 109 Å². The number of fused-ring (bicyclic) bond motifs is 9. The summed E-state index contributed by atoms with van der Waals surface area (Å²) < 4.78 is 49.2. The van der Waals surface area contributed by atoms with Crippen molar-refractivity contribution >= 4 is 75.1 Å². The summed E-state index contributed by atoms with van der Waals surface area (Å²) in [5.41, 5.74) is 12.1. The lowest BCUT2D eigenvalue weighted by molar-refractivity contribution is 1.17. The SMILES string of the molecule is [2H]c1c([2H])c([2H])c(-c2ccc3sc4cccc(-n5c6ccccc6c6cc(-n7c8ccccc8c8c(-c9cccc(-c%10ccccc%10)c9)cccc87)ccc65)c4c3c2)c([2H])c1[2H]. The summed E-state index contributed by atoms with van der Waals surface area (Å²) in [6.45, 7) is 0. The molecule has 0 aliphatic rings. The smallest absolute Gasteiger partial charge is 0.0629 e. The summed E-state index contributed by atoms with van der Waals surface area (Å²) in [5.74, 6) is 0. The topological polar surface area (TPSA) is 9.86 Å². The zero-order valence-electron chi connectivity index (χ0n) is 35.5. The molecule has 3 heterocycles. The summed E-state index contributed by atoms with van der Waals surface area (Å²) in [6, 6.07) is 60.9. The second-order valence-corrected chi connectivity index (χ2v) is 15.6. The largest absolute Gasteiger partial charge is 0.309 e. The fourth-order valence-electron chi connectivity index (χ4n) is 8.94. The van der Waals surface area contributed by atoms with Crippen molar-refractivity contribution in [1.82, 2.24) is 9.13 Å². The van der Waals surface area contributed by atoms with Crippen molar-refractivity contribution in [1.29, 1.82) is 0 Å². The second-order valence-electron chi connectivity index (χ2n) is 14.5. The summed E-state index contributed by atoms with van der Waals surface area (Å²) in [5, 5.41) is 6.72. The minimum Gasteiger partial charge on any atom is -0.309 e. The molecule has 2 nitrogen and oxygen atoms in total. The molecule has 266 valence electrons. The zero-order chi connectivity index (χ0) is 41.8. The van der Waals surface area contributed by atoms with Gasteiger partial charge in [0, 0.05) is 47.4 Å². The fourth-order valence-corrected chi connectivity index (χ4v) is 10.0. The Hall–Kier alpha value is -7.20. The van der Waals surface area contributed by atoms with Crippen LogP contribution in [0.5, 0.6) is 0 Å². The van der Waals surface area contributed by atoms with Gasteiger partial charge in [-0.05, 0) is 100 Å². The van der Waals surface area contributed by atoms with Gasteiger partial charge in [0.15, 0.2) is 0 Å². The first-order valence-electron chi connectivity index (χ1n) is 21.6. The molecule has 0 unspecified atom stereocenters. The Morgan fingerprint density at radius 2 is 1.05 bits per heavy atom. The third kappa shape index (κ3) is 4.96. The Bertz CT molecular complexity index is 3790. The van der Waals surface area contributed by atoms with Gasteiger partial charge in [-0.2, -0.15) is 0 Å². The van der Waals surface area contributed by atoms with Gasteiger partial charge in [-0.3, -0.25) is 0 Å². The van der Waals surface area contributed by atoms with Crippen molar-refractivity contribution in [3.63, 3.8) is 0 Å². The number of hydrogen-bond donors (Lipinski definition) is 0. The summed E-state index contributed by atoms with van der Waals surface area (Å²) >= 11 is 1.69. The monoisotopic (exact) mass is 747 g/mol. The minimum atomic E-state index is -0.393. The van der Waals surface area contributed by atoms with Crippen molar-refractivity contribution in [3.8, 4) is 44.8 Å². The van der Waals surface area contributed by atoms with Gasteiger partial charge in [0.2, 0.25) is 0 Å². The van der Waals surface area contributed by atoms with Crippen molar-refractivity contribution in [3.05, 3.63) is 206 Å². The number of nitrogens with zero attached hydrogens (tertiary/aromatic N) is 2. The normalized spacial score (nSPS) is 13.1. The number of para-hydroxylation sites is 2. The summed E-state index contributed by atoms with van der Waals surface area (Å²) in [7, 11) is 0. The Kier molecular flexibility index (Phi) is 6.09. The molecule has 0 atom stereocenters. The third-order valence-corrected chi connectivity index (χ3v) is 12.5. The van der Waals surface area contributed by atoms with E-state index in [0.29, 0.717) is 5.56 Å². The molecule has 9 aromatic carbocycles. The van der Waals surface area contributed by atoms with Crippen LogP contribution in [0.15, 0.2) is 206 Å². The van der Waals surface area contributed by atoms with Gasteiger partial charge in [0.05, 0.1) is 34.6 Å². The van der Waals surface area contributed by atoms with E-state index in [-0.39, 0.29) is 29.7 Å². The van der Waals surface area contributed by atoms with Crippen molar-refractivity contribution in [2.75, 3.05) is 0 Å². The lowest BCUT2D eigenvalue weighted by Crippen LogP contribution is -1.96. The molecule has 0 bridgehead atoms. The van der Waals surface area contributed by atoms with Crippen LogP contribution in [0.2, 0.25) is 0 Å².